The van der Waals surface area contributed by atoms with Crippen LogP contribution in [0.5, 0.6) is 0 Å². The number of nitrogens with zero attached hydrogens (tertiary/aromatic N) is 5. The average molecular weight is 688 g/mol. The summed E-state index contributed by atoms with van der Waals surface area (Å²) in [5, 5.41) is 17.5. The minimum absolute atomic E-state index is 0.614. The summed E-state index contributed by atoms with van der Waals surface area (Å²) >= 11 is 0. The normalized spacial score (nSPS) is 11.3. The van der Waals surface area contributed by atoms with E-state index < -0.39 is 0 Å². The van der Waals surface area contributed by atoms with Crippen molar-refractivity contribution in [1.82, 2.24) is 19.9 Å². The third-order valence-corrected chi connectivity index (χ3v) is 10.2. The smallest absolute Gasteiger partial charge is 0.164 e. The Morgan fingerprint density at radius 1 is 0.352 bits per heavy atom. The topological polar surface area (TPSA) is 75.3 Å². The molecular formula is C49H29N5. The summed E-state index contributed by atoms with van der Waals surface area (Å²) < 4.78 is 0. The molecule has 0 aliphatic carbocycles. The standard InChI is InChI=1S/C49H29N5/c50-30-35-24-25-40(37-20-8-7-19-36(35)37)45-29-43-39-22-10-9-21-38(39)42(28-44(43)41-23-12-26-51-46(41)45)33-17-11-18-34(27-33)49-53-47(31-13-3-1-4-14-31)52-48(54-49)32-15-5-2-6-16-32/h1-29H. The Balaban J connectivity index is 1.19. The molecule has 0 spiro atoms. The minimum Gasteiger partial charge on any atom is -0.256 e. The van der Waals surface area contributed by atoms with Crippen molar-refractivity contribution >= 4 is 43.2 Å². The fourth-order valence-corrected chi connectivity index (χ4v) is 7.67. The van der Waals surface area contributed by atoms with E-state index in [1.165, 1.54) is 0 Å². The van der Waals surface area contributed by atoms with Gasteiger partial charge in [0.05, 0.1) is 17.1 Å². The highest BCUT2D eigenvalue weighted by molar-refractivity contribution is 6.24. The number of nitriles is 1. The molecule has 0 aliphatic heterocycles. The first-order valence-corrected chi connectivity index (χ1v) is 17.9. The fourth-order valence-electron chi connectivity index (χ4n) is 7.67. The summed E-state index contributed by atoms with van der Waals surface area (Å²) in [5.41, 5.74) is 8.62. The van der Waals surface area contributed by atoms with E-state index in [1.807, 2.05) is 97.2 Å². The molecule has 0 radical (unpaired) electrons. The Morgan fingerprint density at radius 3 is 1.56 bits per heavy atom. The molecule has 5 heteroatoms. The molecule has 0 unspecified atom stereocenters. The summed E-state index contributed by atoms with van der Waals surface area (Å²) in [6.45, 7) is 0. The number of fused-ring (bicyclic) bond motifs is 6. The van der Waals surface area contributed by atoms with Crippen LogP contribution in [-0.2, 0) is 0 Å². The van der Waals surface area contributed by atoms with Crippen molar-refractivity contribution in [1.29, 1.82) is 5.26 Å². The fraction of sp³-hybridized carbons (Fsp3) is 0. The number of aromatic nitrogens is 4. The Morgan fingerprint density at radius 2 is 0.870 bits per heavy atom. The molecule has 2 aromatic heterocycles. The van der Waals surface area contributed by atoms with Gasteiger partial charge in [-0.25, -0.2) is 15.0 Å². The first-order chi connectivity index (χ1) is 26.7. The summed E-state index contributed by atoms with van der Waals surface area (Å²) in [5.74, 6) is 1.88. The number of hydrogen-bond donors (Lipinski definition) is 0. The van der Waals surface area contributed by atoms with Crippen molar-refractivity contribution in [3.8, 4) is 62.5 Å². The maximum atomic E-state index is 9.88. The third-order valence-electron chi connectivity index (χ3n) is 10.2. The molecule has 0 saturated carbocycles. The van der Waals surface area contributed by atoms with Gasteiger partial charge in [0.1, 0.15) is 0 Å². The predicted molar refractivity (Wildman–Crippen MR) is 220 cm³/mol. The average Bonchev–Trinajstić information content (AvgIpc) is 3.26. The van der Waals surface area contributed by atoms with Crippen LogP contribution in [0.4, 0.5) is 0 Å². The number of hydrogen-bond acceptors (Lipinski definition) is 5. The summed E-state index contributed by atoms with van der Waals surface area (Å²) in [7, 11) is 0. The number of benzene rings is 8. The van der Waals surface area contributed by atoms with Gasteiger partial charge in [0.25, 0.3) is 0 Å². The van der Waals surface area contributed by atoms with Crippen molar-refractivity contribution in [3.05, 3.63) is 182 Å². The highest BCUT2D eigenvalue weighted by atomic mass is 15.0. The molecule has 10 rings (SSSR count). The quantitative estimate of drug-likeness (QED) is 0.168. The van der Waals surface area contributed by atoms with Crippen molar-refractivity contribution in [3.63, 3.8) is 0 Å². The van der Waals surface area contributed by atoms with Crippen LogP contribution < -0.4 is 0 Å². The lowest BCUT2D eigenvalue weighted by atomic mass is 9.87. The summed E-state index contributed by atoms with van der Waals surface area (Å²) in [4.78, 5) is 19.9. The molecule has 0 N–H and O–H groups in total. The van der Waals surface area contributed by atoms with Gasteiger partial charge in [0.15, 0.2) is 17.5 Å². The Labute approximate surface area is 311 Å². The van der Waals surface area contributed by atoms with Gasteiger partial charge in [-0.2, -0.15) is 5.26 Å². The van der Waals surface area contributed by atoms with Crippen LogP contribution in [0.25, 0.3) is 99.6 Å². The van der Waals surface area contributed by atoms with E-state index >= 15 is 0 Å². The van der Waals surface area contributed by atoms with E-state index in [9.17, 15) is 5.26 Å². The molecule has 0 saturated heterocycles. The van der Waals surface area contributed by atoms with Gasteiger partial charge in [-0.15, -0.1) is 0 Å². The van der Waals surface area contributed by atoms with Crippen LogP contribution in [0.3, 0.4) is 0 Å². The highest BCUT2D eigenvalue weighted by Crippen LogP contribution is 2.43. The monoisotopic (exact) mass is 687 g/mol. The number of pyridine rings is 1. The molecule has 8 aromatic carbocycles. The maximum absolute atomic E-state index is 9.88. The Kier molecular flexibility index (Phi) is 7.45. The molecule has 0 aliphatic rings. The molecule has 0 bridgehead atoms. The lowest BCUT2D eigenvalue weighted by molar-refractivity contribution is 1.07. The van der Waals surface area contributed by atoms with Gasteiger partial charge < -0.3 is 0 Å². The molecule has 2 heterocycles. The van der Waals surface area contributed by atoms with E-state index in [0.29, 0.717) is 23.0 Å². The zero-order chi connectivity index (χ0) is 36.0. The molecule has 0 amide bonds. The van der Waals surface area contributed by atoms with Gasteiger partial charge >= 0.3 is 0 Å². The molecule has 0 atom stereocenters. The predicted octanol–water partition coefficient (Wildman–Crippen LogP) is 12.1. The van der Waals surface area contributed by atoms with E-state index in [0.717, 1.165) is 82.2 Å². The SMILES string of the molecule is N#Cc1ccc(-c2cc3c4ccccc4c(-c4cccc(-c5nc(-c6ccccc6)nc(-c6ccccc6)n5)c4)cc3c3cccnc23)c2ccccc12. The molecule has 54 heavy (non-hydrogen) atoms. The van der Waals surface area contributed by atoms with Crippen LogP contribution in [-0.4, -0.2) is 19.9 Å². The second kappa shape index (κ2) is 12.9. The van der Waals surface area contributed by atoms with Crippen molar-refractivity contribution < 1.29 is 0 Å². The first kappa shape index (κ1) is 31.2. The highest BCUT2D eigenvalue weighted by Gasteiger charge is 2.18. The van der Waals surface area contributed by atoms with E-state index in [4.69, 9.17) is 19.9 Å². The van der Waals surface area contributed by atoms with Crippen LogP contribution >= 0.6 is 0 Å². The van der Waals surface area contributed by atoms with Crippen LogP contribution in [0.2, 0.25) is 0 Å². The lowest BCUT2D eigenvalue weighted by Crippen LogP contribution is -2.00. The zero-order valence-corrected chi connectivity index (χ0v) is 29.0. The Hall–Kier alpha value is -7.55. The summed E-state index contributed by atoms with van der Waals surface area (Å²) in [6, 6.07) is 60.4. The van der Waals surface area contributed by atoms with Crippen LogP contribution in [0.1, 0.15) is 5.56 Å². The van der Waals surface area contributed by atoms with E-state index in [-0.39, 0.29) is 0 Å². The zero-order valence-electron chi connectivity index (χ0n) is 29.0. The second-order valence-corrected chi connectivity index (χ2v) is 13.3. The third kappa shape index (κ3) is 5.25. The molecular weight excluding hydrogens is 659 g/mol. The maximum Gasteiger partial charge on any atom is 0.164 e. The van der Waals surface area contributed by atoms with Crippen molar-refractivity contribution in [2.75, 3.05) is 0 Å². The van der Waals surface area contributed by atoms with Gasteiger partial charge in [-0.05, 0) is 74.0 Å². The minimum atomic E-state index is 0.614. The summed E-state index contributed by atoms with van der Waals surface area (Å²) in [6.07, 6.45) is 1.86. The largest absolute Gasteiger partial charge is 0.256 e. The molecule has 10 aromatic rings. The molecule has 0 fully saturated rings. The lowest BCUT2D eigenvalue weighted by Gasteiger charge is -2.17. The van der Waals surface area contributed by atoms with Crippen molar-refractivity contribution in [2.45, 2.75) is 0 Å². The van der Waals surface area contributed by atoms with Gasteiger partial charge in [-0.3, -0.25) is 4.98 Å². The van der Waals surface area contributed by atoms with Crippen LogP contribution in [0.15, 0.2) is 176 Å². The van der Waals surface area contributed by atoms with E-state index in [2.05, 4.69) is 84.9 Å². The van der Waals surface area contributed by atoms with Crippen LogP contribution in [0, 0.1) is 11.3 Å². The molecule has 250 valence electrons. The first-order valence-electron chi connectivity index (χ1n) is 17.9. The Bertz CT molecular complexity index is 3050. The van der Waals surface area contributed by atoms with E-state index in [1.54, 1.807) is 0 Å². The van der Waals surface area contributed by atoms with Crippen molar-refractivity contribution in [2.24, 2.45) is 0 Å². The van der Waals surface area contributed by atoms with Gasteiger partial charge in [0.2, 0.25) is 0 Å². The number of rotatable bonds is 5. The second-order valence-electron chi connectivity index (χ2n) is 13.3. The molecule has 5 nitrogen and oxygen atoms in total. The van der Waals surface area contributed by atoms with Gasteiger partial charge in [-0.1, -0.05) is 140 Å². The van der Waals surface area contributed by atoms with Gasteiger partial charge in [0, 0.05) is 39.2 Å².